The summed E-state index contributed by atoms with van der Waals surface area (Å²) < 4.78 is 5.36. The van der Waals surface area contributed by atoms with Gasteiger partial charge in [0.1, 0.15) is 0 Å². The van der Waals surface area contributed by atoms with E-state index in [0.29, 0.717) is 10.8 Å². The highest BCUT2D eigenvalue weighted by Crippen LogP contribution is 2.49. The zero-order chi connectivity index (χ0) is 12.1. The van der Waals surface area contributed by atoms with E-state index in [2.05, 4.69) is 31.7 Å². The predicted octanol–water partition coefficient (Wildman–Crippen LogP) is 2.84. The lowest BCUT2D eigenvalue weighted by Crippen LogP contribution is -2.60. The van der Waals surface area contributed by atoms with Gasteiger partial charge in [-0.15, -0.1) is 0 Å². The first-order chi connectivity index (χ1) is 7.99. The van der Waals surface area contributed by atoms with E-state index in [9.17, 15) is 0 Å². The van der Waals surface area contributed by atoms with Crippen LogP contribution in [-0.2, 0) is 4.74 Å². The molecule has 1 spiro atoms. The Balaban J connectivity index is 1.58. The zero-order valence-corrected chi connectivity index (χ0v) is 11.5. The first kappa shape index (κ1) is 11.7. The maximum Gasteiger partial charge on any atom is 0.0545 e. The van der Waals surface area contributed by atoms with E-state index in [4.69, 9.17) is 4.74 Å². The Kier molecular flexibility index (Phi) is 2.64. The largest absolute Gasteiger partial charge is 0.380 e. The summed E-state index contributed by atoms with van der Waals surface area (Å²) in [4.78, 5) is 2.71. The topological polar surface area (TPSA) is 12.5 Å². The van der Waals surface area contributed by atoms with Crippen molar-refractivity contribution >= 4 is 0 Å². The Morgan fingerprint density at radius 1 is 1.29 bits per heavy atom. The van der Waals surface area contributed by atoms with Crippen molar-refractivity contribution < 1.29 is 4.74 Å². The average molecular weight is 235 g/mol. The van der Waals surface area contributed by atoms with Crippen LogP contribution < -0.4 is 0 Å². The van der Waals surface area contributed by atoms with E-state index in [-0.39, 0.29) is 0 Å². The molecule has 2 nitrogen and oxygen atoms in total. The Hall–Kier alpha value is -0.340. The number of hydrogen-bond acceptors (Lipinski definition) is 2. The molecule has 0 amide bonds. The Morgan fingerprint density at radius 2 is 2.00 bits per heavy atom. The minimum Gasteiger partial charge on any atom is -0.380 e. The lowest BCUT2D eigenvalue weighted by atomic mass is 9.63. The van der Waals surface area contributed by atoms with Gasteiger partial charge in [0.15, 0.2) is 0 Å². The maximum absolute atomic E-state index is 5.36. The second-order valence-corrected chi connectivity index (χ2v) is 7.29. The molecule has 96 valence electrons. The van der Waals surface area contributed by atoms with Crippen LogP contribution in [0.4, 0.5) is 0 Å². The fraction of sp³-hybridized carbons (Fsp3) is 0.867. The Bertz CT molecular complexity index is 327. The minimum absolute atomic E-state index is 0.347. The van der Waals surface area contributed by atoms with Gasteiger partial charge in [-0.2, -0.15) is 0 Å². The van der Waals surface area contributed by atoms with Gasteiger partial charge in [-0.25, -0.2) is 0 Å². The van der Waals surface area contributed by atoms with Gasteiger partial charge in [0, 0.05) is 24.5 Å². The third-order valence-corrected chi connectivity index (χ3v) is 4.81. The summed E-state index contributed by atoms with van der Waals surface area (Å²) in [5.74, 6) is 0. The monoisotopic (exact) mass is 235 g/mol. The van der Waals surface area contributed by atoms with Crippen molar-refractivity contribution in [3.8, 4) is 0 Å². The molecule has 2 heterocycles. The second kappa shape index (κ2) is 3.83. The van der Waals surface area contributed by atoms with Crippen LogP contribution in [0.3, 0.4) is 0 Å². The van der Waals surface area contributed by atoms with E-state index < -0.39 is 0 Å². The predicted molar refractivity (Wildman–Crippen MR) is 70.0 cm³/mol. The van der Waals surface area contributed by atoms with E-state index in [0.717, 1.165) is 19.3 Å². The fourth-order valence-corrected chi connectivity index (χ4v) is 3.45. The summed E-state index contributed by atoms with van der Waals surface area (Å²) in [6.45, 7) is 11.5. The molecule has 0 atom stereocenters. The third kappa shape index (κ3) is 2.06. The summed E-state index contributed by atoms with van der Waals surface area (Å²) in [6, 6.07) is 0.838. The van der Waals surface area contributed by atoms with Gasteiger partial charge < -0.3 is 4.74 Å². The smallest absolute Gasteiger partial charge is 0.0545 e. The Labute approximate surface area is 105 Å². The van der Waals surface area contributed by atoms with Crippen LogP contribution >= 0.6 is 0 Å². The van der Waals surface area contributed by atoms with E-state index in [1.807, 2.05) is 0 Å². The lowest BCUT2D eigenvalue weighted by molar-refractivity contribution is -0.184. The minimum atomic E-state index is 0.347. The molecule has 17 heavy (non-hydrogen) atoms. The van der Waals surface area contributed by atoms with Crippen LogP contribution in [0.15, 0.2) is 11.6 Å². The molecule has 0 aromatic rings. The molecule has 0 N–H and O–H groups in total. The molecule has 1 saturated carbocycles. The summed E-state index contributed by atoms with van der Waals surface area (Å²) in [5, 5.41) is 0. The van der Waals surface area contributed by atoms with E-state index in [1.54, 1.807) is 5.57 Å². The van der Waals surface area contributed by atoms with Crippen LogP contribution in [0.1, 0.15) is 40.0 Å². The van der Waals surface area contributed by atoms with Crippen molar-refractivity contribution in [1.82, 2.24) is 4.90 Å². The molecular formula is C15H25NO. The van der Waals surface area contributed by atoms with Gasteiger partial charge in [-0.05, 0) is 24.7 Å². The molecule has 0 radical (unpaired) electrons. The molecule has 0 aromatic heterocycles. The molecule has 2 aliphatic heterocycles. The summed E-state index contributed by atoms with van der Waals surface area (Å²) in [5.41, 5.74) is 2.59. The second-order valence-electron chi connectivity index (χ2n) is 7.29. The number of hydrogen-bond donors (Lipinski definition) is 0. The quantitative estimate of drug-likeness (QED) is 0.648. The standard InChI is InChI=1S/C15H25NO/c1-14(2,3)12-5-4-6-16(9-12)13-7-15(8-13)10-17-11-15/h5,13H,4,6-11H2,1-3H3. The van der Waals surface area contributed by atoms with Crippen molar-refractivity contribution in [2.45, 2.75) is 46.1 Å². The highest BCUT2D eigenvalue weighted by Gasteiger charge is 2.51. The van der Waals surface area contributed by atoms with Crippen LogP contribution in [0.25, 0.3) is 0 Å². The first-order valence-electron chi connectivity index (χ1n) is 7.00. The van der Waals surface area contributed by atoms with Gasteiger partial charge in [0.25, 0.3) is 0 Å². The van der Waals surface area contributed by atoms with Crippen LogP contribution in [0, 0.1) is 10.8 Å². The molecular weight excluding hydrogens is 210 g/mol. The summed E-state index contributed by atoms with van der Waals surface area (Å²) >= 11 is 0. The SMILES string of the molecule is CC(C)(C)C1=CCCN(C2CC3(COC3)C2)C1. The van der Waals surface area contributed by atoms with Crippen molar-refractivity contribution in [3.05, 3.63) is 11.6 Å². The molecule has 3 rings (SSSR count). The van der Waals surface area contributed by atoms with Crippen molar-refractivity contribution in [2.24, 2.45) is 10.8 Å². The van der Waals surface area contributed by atoms with Gasteiger partial charge in [-0.1, -0.05) is 32.4 Å². The van der Waals surface area contributed by atoms with Crippen LogP contribution in [0.5, 0.6) is 0 Å². The normalized spacial score (nSPS) is 29.7. The van der Waals surface area contributed by atoms with Crippen LogP contribution in [0.2, 0.25) is 0 Å². The molecule has 0 aromatic carbocycles. The van der Waals surface area contributed by atoms with Crippen molar-refractivity contribution in [2.75, 3.05) is 26.3 Å². The maximum atomic E-state index is 5.36. The highest BCUT2D eigenvalue weighted by atomic mass is 16.5. The lowest BCUT2D eigenvalue weighted by Gasteiger charge is -2.57. The molecule has 1 saturated heterocycles. The molecule has 2 heteroatoms. The summed E-state index contributed by atoms with van der Waals surface area (Å²) in [6.07, 6.45) is 6.47. The third-order valence-electron chi connectivity index (χ3n) is 4.81. The van der Waals surface area contributed by atoms with Gasteiger partial charge in [-0.3, -0.25) is 4.90 Å². The van der Waals surface area contributed by atoms with Crippen molar-refractivity contribution in [3.63, 3.8) is 0 Å². The highest BCUT2D eigenvalue weighted by molar-refractivity contribution is 5.17. The van der Waals surface area contributed by atoms with E-state index in [1.165, 1.54) is 32.4 Å². The number of ether oxygens (including phenoxy) is 1. The number of rotatable bonds is 1. The summed E-state index contributed by atoms with van der Waals surface area (Å²) in [7, 11) is 0. The molecule has 1 aliphatic carbocycles. The van der Waals surface area contributed by atoms with Gasteiger partial charge in [0.2, 0.25) is 0 Å². The average Bonchev–Trinajstić information content (AvgIpc) is 2.12. The van der Waals surface area contributed by atoms with Crippen molar-refractivity contribution in [1.29, 1.82) is 0 Å². The van der Waals surface area contributed by atoms with E-state index >= 15 is 0 Å². The molecule has 0 unspecified atom stereocenters. The number of nitrogens with zero attached hydrogens (tertiary/aromatic N) is 1. The van der Waals surface area contributed by atoms with Gasteiger partial charge in [0.05, 0.1) is 13.2 Å². The zero-order valence-electron chi connectivity index (χ0n) is 11.5. The fourth-order valence-electron chi connectivity index (χ4n) is 3.45. The molecule has 0 bridgehead atoms. The van der Waals surface area contributed by atoms with Gasteiger partial charge >= 0.3 is 0 Å². The van der Waals surface area contributed by atoms with Crippen LogP contribution in [-0.4, -0.2) is 37.2 Å². The first-order valence-corrected chi connectivity index (χ1v) is 7.00. The Morgan fingerprint density at radius 3 is 2.53 bits per heavy atom. The molecule has 3 aliphatic rings. The molecule has 2 fully saturated rings.